The van der Waals surface area contributed by atoms with Gasteiger partial charge in [0.25, 0.3) is 0 Å². The van der Waals surface area contributed by atoms with E-state index in [1.165, 1.54) is 0 Å². The number of nitrogens with zero attached hydrogens (tertiary/aromatic N) is 1. The lowest BCUT2D eigenvalue weighted by Crippen LogP contribution is -2.50. The summed E-state index contributed by atoms with van der Waals surface area (Å²) < 4.78 is 0. The van der Waals surface area contributed by atoms with Crippen molar-refractivity contribution in [3.05, 3.63) is 107 Å². The van der Waals surface area contributed by atoms with E-state index >= 15 is 0 Å². The first kappa shape index (κ1) is 24.5. The molecule has 0 aliphatic heterocycles. The van der Waals surface area contributed by atoms with Gasteiger partial charge in [-0.25, -0.2) is 0 Å². The van der Waals surface area contributed by atoms with Crippen LogP contribution in [0.5, 0.6) is 0 Å². The average Bonchev–Trinajstić information content (AvgIpc) is 2.85. The molecule has 5 heteroatoms. The zero-order chi connectivity index (χ0) is 23.5. The van der Waals surface area contributed by atoms with Gasteiger partial charge in [-0.05, 0) is 35.6 Å². The van der Waals surface area contributed by atoms with Gasteiger partial charge in [-0.2, -0.15) is 0 Å². The minimum absolute atomic E-state index is 0.0636. The van der Waals surface area contributed by atoms with Crippen molar-refractivity contribution in [1.82, 2.24) is 10.2 Å². The number of benzene rings is 3. The Labute approximate surface area is 201 Å². The number of halogens is 1. The molecule has 2 amide bonds. The molecule has 0 spiro atoms. The Bertz CT molecular complexity index is 1020. The van der Waals surface area contributed by atoms with E-state index in [1.54, 1.807) is 4.90 Å². The summed E-state index contributed by atoms with van der Waals surface area (Å²) in [7, 11) is 0. The Morgan fingerprint density at radius 3 is 2.12 bits per heavy atom. The van der Waals surface area contributed by atoms with Gasteiger partial charge in [0.2, 0.25) is 11.8 Å². The van der Waals surface area contributed by atoms with Crippen LogP contribution >= 0.6 is 11.6 Å². The van der Waals surface area contributed by atoms with Crippen molar-refractivity contribution in [3.8, 4) is 0 Å². The summed E-state index contributed by atoms with van der Waals surface area (Å²) in [4.78, 5) is 28.5. The average molecular weight is 463 g/mol. The third kappa shape index (κ3) is 7.47. The van der Waals surface area contributed by atoms with Gasteiger partial charge in [0, 0.05) is 31.0 Å². The molecular formula is C28H31ClN2O2. The maximum atomic E-state index is 13.5. The van der Waals surface area contributed by atoms with Crippen LogP contribution in [0.1, 0.15) is 36.5 Å². The molecule has 0 aromatic heterocycles. The van der Waals surface area contributed by atoms with E-state index in [4.69, 9.17) is 11.6 Å². The lowest BCUT2D eigenvalue weighted by molar-refractivity contribution is -0.141. The highest BCUT2D eigenvalue weighted by Gasteiger charge is 2.30. The summed E-state index contributed by atoms with van der Waals surface area (Å²) in [6.45, 7) is 2.87. The smallest absolute Gasteiger partial charge is 0.243 e. The third-order valence-electron chi connectivity index (χ3n) is 5.59. The van der Waals surface area contributed by atoms with Crippen molar-refractivity contribution in [3.63, 3.8) is 0 Å². The standard InChI is InChI=1S/C28H31ClN2O2/c1-2-19-30-28(33)26(20-23-13-7-4-8-14-23)31(21-24-15-9-10-16-25(24)29)27(32)18-17-22-11-5-3-6-12-22/h3-16,26H,2,17-21H2,1H3,(H,30,33)/t26-/m0/s1. The highest BCUT2D eigenvalue weighted by atomic mass is 35.5. The van der Waals surface area contributed by atoms with Crippen LogP contribution in [0.2, 0.25) is 5.02 Å². The second kappa shape index (κ2) is 12.8. The molecule has 4 nitrogen and oxygen atoms in total. The van der Waals surface area contributed by atoms with Gasteiger partial charge < -0.3 is 10.2 Å². The van der Waals surface area contributed by atoms with Crippen molar-refractivity contribution in [2.45, 2.75) is 45.2 Å². The van der Waals surface area contributed by atoms with E-state index in [0.717, 1.165) is 23.1 Å². The summed E-state index contributed by atoms with van der Waals surface area (Å²) in [5.41, 5.74) is 2.93. The molecule has 0 saturated heterocycles. The molecule has 0 radical (unpaired) electrons. The first-order chi connectivity index (χ1) is 16.1. The lowest BCUT2D eigenvalue weighted by atomic mass is 10.0. The van der Waals surface area contributed by atoms with Gasteiger partial charge in [-0.1, -0.05) is 97.4 Å². The number of hydrogen-bond acceptors (Lipinski definition) is 2. The summed E-state index contributed by atoms with van der Waals surface area (Å²) in [6.07, 6.45) is 2.21. The van der Waals surface area contributed by atoms with Crippen LogP contribution in [0.3, 0.4) is 0 Å². The Kier molecular flexibility index (Phi) is 9.52. The molecule has 3 aromatic rings. The molecule has 0 heterocycles. The molecule has 0 unspecified atom stereocenters. The Morgan fingerprint density at radius 2 is 1.48 bits per heavy atom. The van der Waals surface area contributed by atoms with E-state index in [0.29, 0.717) is 30.8 Å². The third-order valence-corrected chi connectivity index (χ3v) is 5.96. The second-order valence-electron chi connectivity index (χ2n) is 8.10. The zero-order valence-corrected chi connectivity index (χ0v) is 19.8. The van der Waals surface area contributed by atoms with Crippen molar-refractivity contribution in [2.75, 3.05) is 6.54 Å². The molecule has 3 rings (SSSR count). The predicted octanol–water partition coefficient (Wildman–Crippen LogP) is 5.44. The highest BCUT2D eigenvalue weighted by Crippen LogP contribution is 2.21. The number of hydrogen-bond donors (Lipinski definition) is 1. The normalized spacial score (nSPS) is 11.6. The van der Waals surface area contributed by atoms with Crippen LogP contribution in [-0.2, 0) is 29.0 Å². The van der Waals surface area contributed by atoms with E-state index in [9.17, 15) is 9.59 Å². The van der Waals surface area contributed by atoms with Crippen LogP contribution in [-0.4, -0.2) is 29.3 Å². The number of carbonyl (C=O) groups is 2. The first-order valence-corrected chi connectivity index (χ1v) is 11.8. The lowest BCUT2D eigenvalue weighted by Gasteiger charge is -2.32. The van der Waals surface area contributed by atoms with Crippen molar-refractivity contribution in [2.24, 2.45) is 0 Å². The van der Waals surface area contributed by atoms with Gasteiger partial charge in [0.1, 0.15) is 6.04 Å². The van der Waals surface area contributed by atoms with Gasteiger partial charge in [-0.15, -0.1) is 0 Å². The first-order valence-electron chi connectivity index (χ1n) is 11.5. The monoisotopic (exact) mass is 462 g/mol. The SMILES string of the molecule is CCCNC(=O)[C@H](Cc1ccccc1)N(Cc1ccccc1Cl)C(=O)CCc1ccccc1. The van der Waals surface area contributed by atoms with Gasteiger partial charge in [0.15, 0.2) is 0 Å². The Balaban J connectivity index is 1.89. The van der Waals surface area contributed by atoms with Crippen molar-refractivity contribution >= 4 is 23.4 Å². The fourth-order valence-electron chi connectivity index (χ4n) is 3.77. The molecule has 0 aliphatic rings. The van der Waals surface area contributed by atoms with E-state index in [2.05, 4.69) is 5.32 Å². The number of amides is 2. The van der Waals surface area contributed by atoms with E-state index in [1.807, 2.05) is 91.9 Å². The molecule has 3 aromatic carbocycles. The van der Waals surface area contributed by atoms with Crippen molar-refractivity contribution in [1.29, 1.82) is 0 Å². The maximum Gasteiger partial charge on any atom is 0.243 e. The van der Waals surface area contributed by atoms with Crippen LogP contribution in [0.15, 0.2) is 84.9 Å². The molecule has 0 bridgehead atoms. The molecule has 1 N–H and O–H groups in total. The molecule has 33 heavy (non-hydrogen) atoms. The van der Waals surface area contributed by atoms with Crippen LogP contribution in [0.25, 0.3) is 0 Å². The molecule has 172 valence electrons. The summed E-state index contributed by atoms with van der Waals surface area (Å²) in [6, 6.07) is 26.6. The van der Waals surface area contributed by atoms with Gasteiger partial charge in [0.05, 0.1) is 0 Å². The summed E-state index contributed by atoms with van der Waals surface area (Å²) >= 11 is 6.44. The zero-order valence-electron chi connectivity index (χ0n) is 19.0. The minimum atomic E-state index is -0.626. The fourth-order valence-corrected chi connectivity index (χ4v) is 3.97. The molecule has 0 aliphatic carbocycles. The topological polar surface area (TPSA) is 49.4 Å². The highest BCUT2D eigenvalue weighted by molar-refractivity contribution is 6.31. The molecule has 1 atom stereocenters. The van der Waals surface area contributed by atoms with Crippen LogP contribution in [0, 0.1) is 0 Å². The summed E-state index contributed by atoms with van der Waals surface area (Å²) in [5, 5.41) is 3.59. The fraction of sp³-hybridized carbons (Fsp3) is 0.286. The Hall–Kier alpha value is -3.11. The number of nitrogens with one attached hydrogen (secondary N) is 1. The molecule has 0 fully saturated rings. The summed E-state index contributed by atoms with van der Waals surface area (Å²) in [5.74, 6) is -0.202. The number of carbonyl (C=O) groups excluding carboxylic acids is 2. The quantitative estimate of drug-likeness (QED) is 0.412. The maximum absolute atomic E-state index is 13.5. The number of rotatable bonds is 11. The largest absolute Gasteiger partial charge is 0.354 e. The Morgan fingerprint density at radius 1 is 0.879 bits per heavy atom. The molecule has 0 saturated carbocycles. The van der Waals surface area contributed by atoms with Gasteiger partial charge >= 0.3 is 0 Å². The number of aryl methyl sites for hydroxylation is 1. The van der Waals surface area contributed by atoms with Crippen LogP contribution in [0.4, 0.5) is 0 Å². The second-order valence-corrected chi connectivity index (χ2v) is 8.50. The van der Waals surface area contributed by atoms with E-state index in [-0.39, 0.29) is 18.4 Å². The molecular weight excluding hydrogens is 432 g/mol. The van der Waals surface area contributed by atoms with Crippen LogP contribution < -0.4 is 5.32 Å². The van der Waals surface area contributed by atoms with Crippen molar-refractivity contribution < 1.29 is 9.59 Å². The van der Waals surface area contributed by atoms with Gasteiger partial charge in [-0.3, -0.25) is 9.59 Å². The predicted molar refractivity (Wildman–Crippen MR) is 134 cm³/mol. The minimum Gasteiger partial charge on any atom is -0.354 e. The van der Waals surface area contributed by atoms with E-state index < -0.39 is 6.04 Å².